The fraction of sp³-hybridized carbons (Fsp3) is 0.231. The lowest BCUT2D eigenvalue weighted by Crippen LogP contribution is -2.31. The second kappa shape index (κ2) is 13.6. The van der Waals surface area contributed by atoms with Crippen LogP contribution in [0.15, 0.2) is 77.6 Å². The standard InChI is InChI=1S/C15H12F3NO3.C11H13NO3/c1-2-22-14(21)11-8-9-12(15(16,17)18)19(13(11)20)10-6-4-3-5-7-10;1-2-15-11(14)8-10(13)12-9-6-4-3-5-7-9/h3-9H,2H2,1H3;3-7H,2,8H2,1H3,(H,12,13). The maximum absolute atomic E-state index is 13.1. The van der Waals surface area contributed by atoms with Gasteiger partial charge >= 0.3 is 18.1 Å². The number of hydrogen-bond acceptors (Lipinski definition) is 6. The Morgan fingerprint density at radius 2 is 1.41 bits per heavy atom. The summed E-state index contributed by atoms with van der Waals surface area (Å²) < 4.78 is 49.2. The molecular formula is C26H25F3N2O6. The van der Waals surface area contributed by atoms with Crippen molar-refractivity contribution in [2.45, 2.75) is 26.4 Å². The lowest BCUT2D eigenvalue weighted by atomic mass is 10.2. The minimum absolute atomic E-state index is 0.0185. The summed E-state index contributed by atoms with van der Waals surface area (Å²) in [6.07, 6.45) is -4.98. The van der Waals surface area contributed by atoms with E-state index in [1.54, 1.807) is 37.3 Å². The molecule has 0 aliphatic rings. The van der Waals surface area contributed by atoms with Crippen molar-refractivity contribution in [1.29, 1.82) is 0 Å². The molecule has 1 amide bonds. The average molecular weight is 518 g/mol. The first-order chi connectivity index (χ1) is 17.6. The summed E-state index contributed by atoms with van der Waals surface area (Å²) in [5, 5.41) is 2.59. The van der Waals surface area contributed by atoms with Crippen LogP contribution in [-0.4, -0.2) is 35.6 Å². The van der Waals surface area contributed by atoms with Crippen LogP contribution in [0.25, 0.3) is 5.69 Å². The van der Waals surface area contributed by atoms with Crippen molar-refractivity contribution in [3.05, 3.63) is 94.4 Å². The molecule has 0 aliphatic heterocycles. The van der Waals surface area contributed by atoms with Gasteiger partial charge in [-0.1, -0.05) is 36.4 Å². The topological polar surface area (TPSA) is 104 Å². The van der Waals surface area contributed by atoms with Gasteiger partial charge in [0.05, 0.1) is 13.2 Å². The van der Waals surface area contributed by atoms with E-state index in [1.807, 2.05) is 6.07 Å². The van der Waals surface area contributed by atoms with Crippen LogP contribution in [0.4, 0.5) is 18.9 Å². The number of anilines is 1. The highest BCUT2D eigenvalue weighted by Crippen LogP contribution is 2.30. The maximum atomic E-state index is 13.1. The van der Waals surface area contributed by atoms with Gasteiger partial charge in [-0.15, -0.1) is 0 Å². The molecule has 0 fully saturated rings. The Balaban J connectivity index is 0.000000281. The van der Waals surface area contributed by atoms with Crippen molar-refractivity contribution in [2.24, 2.45) is 0 Å². The normalized spacial score (nSPS) is 10.5. The molecule has 0 aliphatic carbocycles. The number of hydrogen-bond donors (Lipinski definition) is 1. The number of esters is 2. The molecule has 0 spiro atoms. The molecular weight excluding hydrogens is 493 g/mol. The Bertz CT molecular complexity index is 1260. The van der Waals surface area contributed by atoms with Crippen molar-refractivity contribution in [1.82, 2.24) is 4.57 Å². The van der Waals surface area contributed by atoms with Gasteiger partial charge in [0.25, 0.3) is 5.56 Å². The smallest absolute Gasteiger partial charge is 0.431 e. The van der Waals surface area contributed by atoms with E-state index in [0.29, 0.717) is 16.3 Å². The molecule has 1 N–H and O–H groups in total. The number of para-hydroxylation sites is 2. The Labute approximate surface area is 210 Å². The number of halogens is 3. The zero-order valence-corrected chi connectivity index (χ0v) is 20.1. The molecule has 0 saturated carbocycles. The number of nitrogens with one attached hydrogen (secondary N) is 1. The summed E-state index contributed by atoms with van der Waals surface area (Å²) >= 11 is 0. The van der Waals surface area contributed by atoms with E-state index < -0.39 is 34.9 Å². The first-order valence-corrected chi connectivity index (χ1v) is 11.1. The minimum atomic E-state index is -4.73. The predicted octanol–water partition coefficient (Wildman–Crippen LogP) is 4.61. The van der Waals surface area contributed by atoms with Gasteiger partial charge in [-0.05, 0) is 50.2 Å². The molecule has 2 aromatic carbocycles. The SMILES string of the molecule is CCOC(=O)CC(=O)Nc1ccccc1.CCOC(=O)c1ccc(C(F)(F)F)n(-c2ccccc2)c1=O. The minimum Gasteiger partial charge on any atom is -0.466 e. The second-order valence-electron chi connectivity index (χ2n) is 7.22. The highest BCUT2D eigenvalue weighted by Gasteiger charge is 2.36. The van der Waals surface area contributed by atoms with Crippen LogP contribution < -0.4 is 10.9 Å². The van der Waals surface area contributed by atoms with Gasteiger partial charge < -0.3 is 14.8 Å². The average Bonchev–Trinajstić information content (AvgIpc) is 2.85. The molecule has 0 bridgehead atoms. The van der Waals surface area contributed by atoms with Gasteiger partial charge in [0.2, 0.25) is 5.91 Å². The number of carbonyl (C=O) groups excluding carboxylic acids is 3. The fourth-order valence-electron chi connectivity index (χ4n) is 3.03. The Hall–Kier alpha value is -4.41. The molecule has 0 atom stereocenters. The number of alkyl halides is 3. The summed E-state index contributed by atoms with van der Waals surface area (Å²) in [5.74, 6) is -1.82. The largest absolute Gasteiger partial charge is 0.466 e. The lowest BCUT2D eigenvalue weighted by Gasteiger charge is -2.16. The molecule has 0 radical (unpaired) electrons. The van der Waals surface area contributed by atoms with E-state index in [1.165, 1.54) is 31.2 Å². The first kappa shape index (κ1) is 28.8. The molecule has 3 rings (SSSR count). The number of pyridine rings is 1. The number of amides is 1. The number of carbonyl (C=O) groups is 3. The van der Waals surface area contributed by atoms with E-state index in [2.05, 4.69) is 10.1 Å². The lowest BCUT2D eigenvalue weighted by molar-refractivity contribution is -0.145. The molecule has 8 nitrogen and oxygen atoms in total. The summed E-state index contributed by atoms with van der Waals surface area (Å²) in [5.41, 5.74) is -1.98. The van der Waals surface area contributed by atoms with Gasteiger partial charge in [-0.25, -0.2) is 4.79 Å². The van der Waals surface area contributed by atoms with Crippen LogP contribution in [0.2, 0.25) is 0 Å². The van der Waals surface area contributed by atoms with E-state index in [4.69, 9.17) is 4.74 Å². The number of ether oxygens (including phenoxy) is 2. The molecule has 3 aromatic rings. The zero-order chi connectivity index (χ0) is 27.4. The van der Waals surface area contributed by atoms with Gasteiger partial charge in [-0.2, -0.15) is 13.2 Å². The van der Waals surface area contributed by atoms with E-state index in [-0.39, 0.29) is 31.2 Å². The van der Waals surface area contributed by atoms with Crippen LogP contribution in [0.3, 0.4) is 0 Å². The third kappa shape index (κ3) is 8.64. The molecule has 37 heavy (non-hydrogen) atoms. The van der Waals surface area contributed by atoms with Crippen LogP contribution >= 0.6 is 0 Å². The Morgan fingerprint density at radius 3 is 1.95 bits per heavy atom. The van der Waals surface area contributed by atoms with Crippen molar-refractivity contribution in [3.63, 3.8) is 0 Å². The Morgan fingerprint density at radius 1 is 0.838 bits per heavy atom. The number of rotatable bonds is 7. The molecule has 0 unspecified atom stereocenters. The summed E-state index contributed by atoms with van der Waals surface area (Å²) in [6.45, 7) is 3.55. The third-order valence-corrected chi connectivity index (χ3v) is 4.55. The molecule has 1 heterocycles. The highest BCUT2D eigenvalue weighted by molar-refractivity contribution is 6.01. The van der Waals surface area contributed by atoms with Crippen LogP contribution in [0.5, 0.6) is 0 Å². The summed E-state index contributed by atoms with van der Waals surface area (Å²) in [6, 6.07) is 17.8. The predicted molar refractivity (Wildman–Crippen MR) is 129 cm³/mol. The molecule has 196 valence electrons. The monoisotopic (exact) mass is 518 g/mol. The van der Waals surface area contributed by atoms with E-state index in [9.17, 15) is 32.3 Å². The molecule has 11 heteroatoms. The third-order valence-electron chi connectivity index (χ3n) is 4.55. The quantitative estimate of drug-likeness (QED) is 0.362. The maximum Gasteiger partial charge on any atom is 0.431 e. The highest BCUT2D eigenvalue weighted by atomic mass is 19.4. The summed E-state index contributed by atoms with van der Waals surface area (Å²) in [7, 11) is 0. The van der Waals surface area contributed by atoms with E-state index >= 15 is 0 Å². The van der Waals surface area contributed by atoms with Crippen molar-refractivity contribution in [2.75, 3.05) is 18.5 Å². The van der Waals surface area contributed by atoms with E-state index in [0.717, 1.165) is 6.07 Å². The van der Waals surface area contributed by atoms with Crippen LogP contribution in [0.1, 0.15) is 36.3 Å². The van der Waals surface area contributed by atoms with Crippen LogP contribution in [0, 0.1) is 0 Å². The van der Waals surface area contributed by atoms with Crippen molar-refractivity contribution >= 4 is 23.5 Å². The van der Waals surface area contributed by atoms with Crippen molar-refractivity contribution in [3.8, 4) is 5.69 Å². The van der Waals surface area contributed by atoms with Gasteiger partial charge in [0, 0.05) is 11.4 Å². The number of benzene rings is 2. The van der Waals surface area contributed by atoms with Crippen LogP contribution in [-0.2, 0) is 25.2 Å². The van der Waals surface area contributed by atoms with Crippen molar-refractivity contribution < 1.29 is 37.0 Å². The second-order valence-corrected chi connectivity index (χ2v) is 7.22. The number of nitrogens with zero attached hydrogens (tertiary/aromatic N) is 1. The first-order valence-electron chi connectivity index (χ1n) is 11.1. The fourth-order valence-corrected chi connectivity index (χ4v) is 3.03. The summed E-state index contributed by atoms with van der Waals surface area (Å²) in [4.78, 5) is 46.3. The molecule has 1 aromatic heterocycles. The van der Waals surface area contributed by atoms with Gasteiger partial charge in [-0.3, -0.25) is 19.0 Å². The number of aromatic nitrogens is 1. The molecule has 0 saturated heterocycles. The Kier molecular flexibility index (Phi) is 10.6. The zero-order valence-electron chi connectivity index (χ0n) is 20.1. The van der Waals surface area contributed by atoms with Gasteiger partial charge in [0.15, 0.2) is 0 Å². The van der Waals surface area contributed by atoms with Gasteiger partial charge in [0.1, 0.15) is 17.7 Å².